The second kappa shape index (κ2) is 7.41. The first-order valence-corrected chi connectivity index (χ1v) is 7.84. The van der Waals surface area contributed by atoms with Gasteiger partial charge < -0.3 is 15.1 Å². The van der Waals surface area contributed by atoms with E-state index in [1.165, 1.54) is 0 Å². The van der Waals surface area contributed by atoms with Crippen molar-refractivity contribution in [2.45, 2.75) is 32.7 Å². The van der Waals surface area contributed by atoms with Crippen LogP contribution in [0.2, 0.25) is 0 Å². The fourth-order valence-corrected chi connectivity index (χ4v) is 2.92. The lowest BCUT2D eigenvalue weighted by molar-refractivity contribution is 0.0676. The van der Waals surface area contributed by atoms with Gasteiger partial charge in [-0.15, -0.1) is 0 Å². The molecular weight excluding hydrogens is 264 g/mol. The van der Waals surface area contributed by atoms with Gasteiger partial charge in [-0.25, -0.2) is 0 Å². The van der Waals surface area contributed by atoms with Crippen molar-refractivity contribution in [3.63, 3.8) is 0 Å². The van der Waals surface area contributed by atoms with Crippen LogP contribution in [0.1, 0.15) is 37.0 Å². The molecule has 5 heteroatoms. The van der Waals surface area contributed by atoms with E-state index in [4.69, 9.17) is 0 Å². The zero-order valence-electron chi connectivity index (χ0n) is 13.3. The first-order valence-electron chi connectivity index (χ1n) is 7.84. The van der Waals surface area contributed by atoms with E-state index < -0.39 is 0 Å². The number of carbonyl (C=O) groups is 1. The Morgan fingerprint density at radius 2 is 2.24 bits per heavy atom. The van der Waals surface area contributed by atoms with Crippen LogP contribution in [0.25, 0.3) is 0 Å². The van der Waals surface area contributed by atoms with E-state index >= 15 is 0 Å². The molecule has 1 fully saturated rings. The van der Waals surface area contributed by atoms with Gasteiger partial charge >= 0.3 is 0 Å². The largest absolute Gasteiger partial charge is 0.385 e. The molecule has 0 aliphatic carbocycles. The molecule has 1 aromatic rings. The Balaban J connectivity index is 2.25. The fraction of sp³-hybridized carbons (Fsp3) is 0.625. The van der Waals surface area contributed by atoms with E-state index in [1.807, 2.05) is 17.9 Å². The lowest BCUT2D eigenvalue weighted by atomic mass is 10.1. The minimum absolute atomic E-state index is 0.0983. The molecule has 0 aromatic carbocycles. The minimum Gasteiger partial charge on any atom is -0.385 e. The van der Waals surface area contributed by atoms with Crippen LogP contribution in [0.15, 0.2) is 18.5 Å². The van der Waals surface area contributed by atoms with Gasteiger partial charge in [0.1, 0.15) is 0 Å². The van der Waals surface area contributed by atoms with Gasteiger partial charge in [-0.05, 0) is 39.4 Å². The quantitative estimate of drug-likeness (QED) is 0.922. The molecule has 5 nitrogen and oxygen atoms in total. The minimum atomic E-state index is 0.0983. The molecule has 2 heterocycles. The second-order valence-electron chi connectivity index (χ2n) is 5.63. The summed E-state index contributed by atoms with van der Waals surface area (Å²) < 4.78 is 0. The highest BCUT2D eigenvalue weighted by molar-refractivity contribution is 5.99. The Morgan fingerprint density at radius 3 is 2.95 bits per heavy atom. The maximum atomic E-state index is 13.0. The standard InChI is InChI=1S/C16H26N4O/c1-4-13-12-19(3)9-6-10-20(13)16(21)14-11-17-8-7-15(14)18-5-2/h7-8,11,13H,4-6,9-10,12H2,1-3H3,(H,17,18). The van der Waals surface area contributed by atoms with Crippen LogP contribution in [0.5, 0.6) is 0 Å². The molecule has 1 aromatic heterocycles. The van der Waals surface area contributed by atoms with Gasteiger partial charge in [0.25, 0.3) is 5.91 Å². The van der Waals surface area contributed by atoms with E-state index in [9.17, 15) is 4.79 Å². The molecule has 0 bridgehead atoms. The highest BCUT2D eigenvalue weighted by atomic mass is 16.2. The summed E-state index contributed by atoms with van der Waals surface area (Å²) in [6, 6.07) is 2.15. The third kappa shape index (κ3) is 3.73. The molecule has 21 heavy (non-hydrogen) atoms. The topological polar surface area (TPSA) is 48.5 Å². The summed E-state index contributed by atoms with van der Waals surface area (Å²) in [4.78, 5) is 21.4. The average molecular weight is 290 g/mol. The third-order valence-electron chi connectivity index (χ3n) is 4.05. The third-order valence-corrected chi connectivity index (χ3v) is 4.05. The monoisotopic (exact) mass is 290 g/mol. The summed E-state index contributed by atoms with van der Waals surface area (Å²) in [5.74, 6) is 0.0983. The lowest BCUT2D eigenvalue weighted by Crippen LogP contribution is -2.43. The molecular formula is C16H26N4O. The first kappa shape index (κ1) is 15.8. The number of nitrogens with one attached hydrogen (secondary N) is 1. The predicted octanol–water partition coefficient (Wildman–Crippen LogP) is 2.07. The smallest absolute Gasteiger partial charge is 0.257 e. The van der Waals surface area contributed by atoms with Gasteiger partial charge in [0, 0.05) is 38.1 Å². The van der Waals surface area contributed by atoms with Crippen LogP contribution in [-0.4, -0.2) is 60.0 Å². The molecule has 1 aliphatic heterocycles. The number of aromatic nitrogens is 1. The van der Waals surface area contributed by atoms with Crippen LogP contribution < -0.4 is 5.32 Å². The van der Waals surface area contributed by atoms with Gasteiger partial charge in [0.05, 0.1) is 11.3 Å². The summed E-state index contributed by atoms with van der Waals surface area (Å²) in [5.41, 5.74) is 1.56. The van der Waals surface area contributed by atoms with Gasteiger partial charge in [-0.1, -0.05) is 6.92 Å². The fourth-order valence-electron chi connectivity index (χ4n) is 2.92. The Bertz CT molecular complexity index is 477. The van der Waals surface area contributed by atoms with Crippen molar-refractivity contribution in [3.8, 4) is 0 Å². The number of nitrogens with zero attached hydrogens (tertiary/aromatic N) is 3. The zero-order valence-corrected chi connectivity index (χ0v) is 13.3. The molecule has 1 atom stereocenters. The number of rotatable bonds is 4. The SMILES string of the molecule is CCNc1ccncc1C(=O)N1CCCN(C)CC1CC. The average Bonchev–Trinajstić information content (AvgIpc) is 2.68. The highest BCUT2D eigenvalue weighted by Crippen LogP contribution is 2.20. The number of amides is 1. The summed E-state index contributed by atoms with van der Waals surface area (Å²) in [7, 11) is 2.13. The van der Waals surface area contributed by atoms with Crippen molar-refractivity contribution >= 4 is 11.6 Å². The maximum absolute atomic E-state index is 13.0. The van der Waals surface area contributed by atoms with E-state index in [0.29, 0.717) is 5.56 Å². The second-order valence-corrected chi connectivity index (χ2v) is 5.63. The summed E-state index contributed by atoms with van der Waals surface area (Å²) in [5, 5.41) is 3.26. The van der Waals surface area contributed by atoms with E-state index in [0.717, 1.165) is 44.7 Å². The van der Waals surface area contributed by atoms with Crippen LogP contribution in [-0.2, 0) is 0 Å². The zero-order chi connectivity index (χ0) is 15.2. The summed E-state index contributed by atoms with van der Waals surface area (Å²) in [6.45, 7) is 7.79. The Morgan fingerprint density at radius 1 is 1.43 bits per heavy atom. The molecule has 1 saturated heterocycles. The molecule has 0 saturated carbocycles. The van der Waals surface area contributed by atoms with Crippen molar-refractivity contribution in [1.82, 2.24) is 14.8 Å². The predicted molar refractivity (Wildman–Crippen MR) is 85.6 cm³/mol. The molecule has 116 valence electrons. The first-order chi connectivity index (χ1) is 10.2. The van der Waals surface area contributed by atoms with Crippen molar-refractivity contribution in [2.24, 2.45) is 0 Å². The van der Waals surface area contributed by atoms with Gasteiger partial charge in [-0.2, -0.15) is 0 Å². The van der Waals surface area contributed by atoms with Crippen LogP contribution in [0.4, 0.5) is 5.69 Å². The molecule has 1 N–H and O–H groups in total. The number of hydrogen-bond acceptors (Lipinski definition) is 4. The molecule has 1 amide bonds. The lowest BCUT2D eigenvalue weighted by Gasteiger charge is -2.30. The Labute approximate surface area is 127 Å². The highest BCUT2D eigenvalue weighted by Gasteiger charge is 2.28. The van der Waals surface area contributed by atoms with Crippen LogP contribution >= 0.6 is 0 Å². The normalized spacial score (nSPS) is 20.1. The summed E-state index contributed by atoms with van der Waals surface area (Å²) in [6.07, 6.45) is 5.41. The van der Waals surface area contributed by atoms with E-state index in [-0.39, 0.29) is 11.9 Å². The maximum Gasteiger partial charge on any atom is 0.257 e. The summed E-state index contributed by atoms with van der Waals surface area (Å²) >= 11 is 0. The molecule has 2 rings (SSSR count). The molecule has 0 radical (unpaired) electrons. The molecule has 1 aliphatic rings. The van der Waals surface area contributed by atoms with Crippen LogP contribution in [0.3, 0.4) is 0 Å². The number of carbonyl (C=O) groups excluding carboxylic acids is 1. The number of pyridine rings is 1. The molecule has 1 unspecified atom stereocenters. The number of likely N-dealkylation sites (N-methyl/N-ethyl adjacent to an activating group) is 1. The van der Waals surface area contributed by atoms with E-state index in [2.05, 4.69) is 29.2 Å². The van der Waals surface area contributed by atoms with Gasteiger partial charge in [0.15, 0.2) is 0 Å². The van der Waals surface area contributed by atoms with Crippen LogP contribution in [0, 0.1) is 0 Å². The Hall–Kier alpha value is -1.62. The van der Waals surface area contributed by atoms with Crippen molar-refractivity contribution in [3.05, 3.63) is 24.0 Å². The molecule has 0 spiro atoms. The number of hydrogen-bond donors (Lipinski definition) is 1. The van der Waals surface area contributed by atoms with E-state index in [1.54, 1.807) is 12.4 Å². The van der Waals surface area contributed by atoms with Crippen molar-refractivity contribution in [1.29, 1.82) is 0 Å². The van der Waals surface area contributed by atoms with Crippen molar-refractivity contribution < 1.29 is 4.79 Å². The number of anilines is 1. The van der Waals surface area contributed by atoms with Gasteiger partial charge in [0.2, 0.25) is 0 Å². The van der Waals surface area contributed by atoms with Gasteiger partial charge in [-0.3, -0.25) is 9.78 Å². The Kier molecular flexibility index (Phi) is 5.56. The van der Waals surface area contributed by atoms with Crippen molar-refractivity contribution in [2.75, 3.05) is 38.5 Å².